The molecule has 5 heteroatoms. The summed E-state index contributed by atoms with van der Waals surface area (Å²) in [4.78, 5) is 1.17. The van der Waals surface area contributed by atoms with Crippen LogP contribution in [0.4, 0.5) is 8.78 Å². The topological polar surface area (TPSA) is 12.0 Å². The summed E-state index contributed by atoms with van der Waals surface area (Å²) >= 11 is 5.25. The molecule has 21 heavy (non-hydrogen) atoms. The van der Waals surface area contributed by atoms with E-state index in [9.17, 15) is 8.78 Å². The molecule has 0 radical (unpaired) electrons. The Morgan fingerprint density at radius 3 is 2.57 bits per heavy atom. The van der Waals surface area contributed by atoms with Gasteiger partial charge in [-0.25, -0.2) is 8.78 Å². The van der Waals surface area contributed by atoms with Crippen molar-refractivity contribution in [2.45, 2.75) is 17.4 Å². The van der Waals surface area contributed by atoms with E-state index in [1.165, 1.54) is 17.0 Å². The summed E-state index contributed by atoms with van der Waals surface area (Å²) in [6.07, 6.45) is 0.658. The first-order valence-electron chi connectivity index (χ1n) is 6.58. The second-order valence-corrected chi connectivity index (χ2v) is 6.60. The summed E-state index contributed by atoms with van der Waals surface area (Å²) in [5, 5.41) is 3.22. The Hall–Kier alpha value is -0.910. The molecule has 0 bridgehead atoms. The molecule has 0 spiro atoms. The van der Waals surface area contributed by atoms with E-state index in [-0.39, 0.29) is 6.04 Å². The molecule has 0 aliphatic rings. The summed E-state index contributed by atoms with van der Waals surface area (Å²) in [5.41, 5.74) is 0.793. The standard InChI is InChI=1S/C16H16BrF2NS/c1-20-12(8-11-6-7-14(18)15(19)9-11)10-21-16-5-3-2-4-13(16)17/h2-7,9,12,20H,8,10H2,1H3. The minimum atomic E-state index is -0.803. The number of likely N-dealkylation sites (N-methyl/N-ethyl adjacent to an activating group) is 1. The van der Waals surface area contributed by atoms with Crippen LogP contribution in [0.1, 0.15) is 5.56 Å². The molecule has 1 nitrogen and oxygen atoms in total. The number of halogens is 3. The van der Waals surface area contributed by atoms with Gasteiger partial charge in [0.15, 0.2) is 11.6 Å². The summed E-state index contributed by atoms with van der Waals surface area (Å²) in [6.45, 7) is 0. The first kappa shape index (κ1) is 16.5. The van der Waals surface area contributed by atoms with E-state index in [0.29, 0.717) is 6.42 Å². The highest BCUT2D eigenvalue weighted by Gasteiger charge is 2.11. The quantitative estimate of drug-likeness (QED) is 0.741. The van der Waals surface area contributed by atoms with Gasteiger partial charge in [0, 0.05) is 21.2 Å². The maximum absolute atomic E-state index is 13.2. The average molecular weight is 372 g/mol. The molecule has 0 aliphatic carbocycles. The van der Waals surface area contributed by atoms with Crippen LogP contribution >= 0.6 is 27.7 Å². The first-order valence-corrected chi connectivity index (χ1v) is 8.36. The predicted molar refractivity (Wildman–Crippen MR) is 87.8 cm³/mol. The van der Waals surface area contributed by atoms with E-state index >= 15 is 0 Å². The zero-order valence-electron chi connectivity index (χ0n) is 11.6. The van der Waals surface area contributed by atoms with Crippen molar-refractivity contribution in [1.82, 2.24) is 5.32 Å². The van der Waals surface area contributed by atoms with Crippen LogP contribution < -0.4 is 5.32 Å². The van der Waals surface area contributed by atoms with Crippen molar-refractivity contribution in [2.75, 3.05) is 12.8 Å². The Bertz CT molecular complexity index is 607. The molecule has 0 saturated heterocycles. The minimum absolute atomic E-state index is 0.187. The highest BCUT2D eigenvalue weighted by molar-refractivity contribution is 9.10. The van der Waals surface area contributed by atoms with Crippen molar-refractivity contribution in [2.24, 2.45) is 0 Å². The zero-order chi connectivity index (χ0) is 15.2. The minimum Gasteiger partial charge on any atom is -0.316 e. The molecule has 112 valence electrons. The van der Waals surface area contributed by atoms with Crippen LogP contribution in [0.25, 0.3) is 0 Å². The normalized spacial score (nSPS) is 12.4. The van der Waals surface area contributed by atoms with E-state index in [2.05, 4.69) is 27.3 Å². The molecule has 0 aromatic heterocycles. The van der Waals surface area contributed by atoms with Crippen LogP contribution in [0, 0.1) is 11.6 Å². The highest BCUT2D eigenvalue weighted by atomic mass is 79.9. The van der Waals surface area contributed by atoms with Gasteiger partial charge in [-0.15, -0.1) is 11.8 Å². The van der Waals surface area contributed by atoms with E-state index < -0.39 is 11.6 Å². The van der Waals surface area contributed by atoms with Gasteiger partial charge in [-0.05, 0) is 59.2 Å². The molecule has 0 fully saturated rings. The molecule has 2 rings (SSSR count). The van der Waals surface area contributed by atoms with Crippen molar-refractivity contribution in [3.63, 3.8) is 0 Å². The molecular weight excluding hydrogens is 356 g/mol. The Balaban J connectivity index is 1.97. The number of hydrogen-bond donors (Lipinski definition) is 1. The largest absolute Gasteiger partial charge is 0.316 e. The van der Waals surface area contributed by atoms with E-state index in [1.807, 2.05) is 25.2 Å². The van der Waals surface area contributed by atoms with Crippen LogP contribution in [-0.2, 0) is 6.42 Å². The first-order chi connectivity index (χ1) is 10.1. The maximum atomic E-state index is 13.2. The van der Waals surface area contributed by atoms with Crippen molar-refractivity contribution in [1.29, 1.82) is 0 Å². The van der Waals surface area contributed by atoms with Gasteiger partial charge in [0.05, 0.1) is 0 Å². The van der Waals surface area contributed by atoms with Crippen LogP contribution in [0.2, 0.25) is 0 Å². The zero-order valence-corrected chi connectivity index (χ0v) is 14.0. The molecule has 2 aromatic rings. The van der Waals surface area contributed by atoms with Crippen molar-refractivity contribution >= 4 is 27.7 Å². The van der Waals surface area contributed by atoms with E-state index in [0.717, 1.165) is 15.8 Å². The maximum Gasteiger partial charge on any atom is 0.159 e. The van der Waals surface area contributed by atoms with Crippen LogP contribution in [0.3, 0.4) is 0 Å². The van der Waals surface area contributed by atoms with Gasteiger partial charge in [0.1, 0.15) is 0 Å². The SMILES string of the molecule is CNC(CSc1ccccc1Br)Cc1ccc(F)c(F)c1. The second kappa shape index (κ2) is 7.92. The monoisotopic (exact) mass is 371 g/mol. The van der Waals surface area contributed by atoms with Gasteiger partial charge >= 0.3 is 0 Å². The van der Waals surface area contributed by atoms with E-state index in [1.54, 1.807) is 17.8 Å². The third-order valence-electron chi connectivity index (χ3n) is 3.15. The fourth-order valence-corrected chi connectivity index (χ4v) is 3.62. The summed E-state index contributed by atoms with van der Waals surface area (Å²) in [5.74, 6) is -0.749. The third kappa shape index (κ3) is 4.80. The van der Waals surface area contributed by atoms with Gasteiger partial charge in [-0.2, -0.15) is 0 Å². The molecule has 0 saturated carbocycles. The van der Waals surface area contributed by atoms with Crippen molar-refractivity contribution < 1.29 is 8.78 Å². The van der Waals surface area contributed by atoms with Gasteiger partial charge in [-0.3, -0.25) is 0 Å². The third-order valence-corrected chi connectivity index (χ3v) is 5.34. The molecule has 0 amide bonds. The van der Waals surface area contributed by atoms with E-state index in [4.69, 9.17) is 0 Å². The molecule has 0 heterocycles. The number of hydrogen-bond acceptors (Lipinski definition) is 2. The summed E-state index contributed by atoms with van der Waals surface area (Å²) in [6, 6.07) is 12.3. The Kier molecular flexibility index (Phi) is 6.21. The Morgan fingerprint density at radius 1 is 1.14 bits per heavy atom. The lowest BCUT2D eigenvalue weighted by Crippen LogP contribution is -2.30. The van der Waals surface area contributed by atoms with Crippen LogP contribution in [0.5, 0.6) is 0 Å². The fraction of sp³-hybridized carbons (Fsp3) is 0.250. The van der Waals surface area contributed by atoms with Crippen LogP contribution in [-0.4, -0.2) is 18.8 Å². The predicted octanol–water partition coefficient (Wildman–Crippen LogP) is 4.65. The van der Waals surface area contributed by atoms with Crippen molar-refractivity contribution in [3.8, 4) is 0 Å². The lowest BCUT2D eigenvalue weighted by atomic mass is 10.1. The van der Waals surface area contributed by atoms with Gasteiger partial charge in [0.2, 0.25) is 0 Å². The summed E-state index contributed by atoms with van der Waals surface area (Å²) in [7, 11) is 1.88. The fourth-order valence-electron chi connectivity index (χ4n) is 1.95. The molecule has 1 unspecified atom stereocenters. The molecule has 2 aromatic carbocycles. The lowest BCUT2D eigenvalue weighted by molar-refractivity contribution is 0.505. The lowest BCUT2D eigenvalue weighted by Gasteiger charge is -2.16. The number of nitrogens with one attached hydrogen (secondary N) is 1. The van der Waals surface area contributed by atoms with Crippen LogP contribution in [0.15, 0.2) is 51.8 Å². The number of thioether (sulfide) groups is 1. The molecule has 1 N–H and O–H groups in total. The van der Waals surface area contributed by atoms with Gasteiger partial charge in [0.25, 0.3) is 0 Å². The molecular formula is C16H16BrF2NS. The summed E-state index contributed by atoms with van der Waals surface area (Å²) < 4.78 is 27.2. The van der Waals surface area contributed by atoms with Crippen molar-refractivity contribution in [3.05, 3.63) is 64.1 Å². The van der Waals surface area contributed by atoms with Gasteiger partial charge < -0.3 is 5.32 Å². The Labute approximate surface area is 136 Å². The highest BCUT2D eigenvalue weighted by Crippen LogP contribution is 2.27. The molecule has 0 aliphatic heterocycles. The van der Waals surface area contributed by atoms with Gasteiger partial charge in [-0.1, -0.05) is 18.2 Å². The molecule has 1 atom stereocenters. The number of rotatable bonds is 6. The Morgan fingerprint density at radius 2 is 1.90 bits per heavy atom. The second-order valence-electron chi connectivity index (χ2n) is 4.68. The number of benzene rings is 2. The average Bonchev–Trinajstić information content (AvgIpc) is 2.48. The smallest absolute Gasteiger partial charge is 0.159 e.